The summed E-state index contributed by atoms with van der Waals surface area (Å²) in [6.45, 7) is 0.537. The number of hydrogen-bond acceptors (Lipinski definition) is 5. The summed E-state index contributed by atoms with van der Waals surface area (Å²) < 4.78 is 0. The zero-order valence-electron chi connectivity index (χ0n) is 10.2. The van der Waals surface area contributed by atoms with Gasteiger partial charge in [0.15, 0.2) is 0 Å². The van der Waals surface area contributed by atoms with E-state index in [1.54, 1.807) is 18.2 Å². The summed E-state index contributed by atoms with van der Waals surface area (Å²) >= 11 is 3.94. The molecule has 1 aromatic carbocycles. The van der Waals surface area contributed by atoms with Gasteiger partial charge in [-0.05, 0) is 17.7 Å². The van der Waals surface area contributed by atoms with Crippen LogP contribution in [0.15, 0.2) is 24.3 Å². The molecule has 0 saturated carbocycles. The maximum atomic E-state index is 10.1. The Morgan fingerprint density at radius 3 is 2.67 bits per heavy atom. The molecule has 0 aliphatic carbocycles. The molecule has 1 aliphatic heterocycles. The molecular weight excluding hydrogens is 266 g/mol. The van der Waals surface area contributed by atoms with Crippen LogP contribution in [0.25, 0.3) is 0 Å². The van der Waals surface area contributed by atoms with Gasteiger partial charge < -0.3 is 15.5 Å². The minimum Gasteiger partial charge on any atom is -0.508 e. The number of phenolic OH excluding ortho intramolecular Hbond substituents is 1. The van der Waals surface area contributed by atoms with Crippen molar-refractivity contribution in [2.24, 2.45) is 0 Å². The standard InChI is InChI=1S/C13H19NO2S2/c15-12-3-1-2-10(6-12)13(16)7-14-11-8-17-4-5-18-9-11/h1-3,6,11,13-16H,4-5,7-9H2. The number of nitrogens with one attached hydrogen (secondary N) is 1. The minimum atomic E-state index is -0.560. The molecule has 0 aromatic heterocycles. The quantitative estimate of drug-likeness (QED) is 0.788. The Hall–Kier alpha value is -0.360. The van der Waals surface area contributed by atoms with E-state index in [0.29, 0.717) is 12.6 Å². The summed E-state index contributed by atoms with van der Waals surface area (Å²) in [4.78, 5) is 0. The van der Waals surface area contributed by atoms with Crippen molar-refractivity contribution in [3.8, 4) is 5.75 Å². The van der Waals surface area contributed by atoms with Crippen molar-refractivity contribution in [2.45, 2.75) is 12.1 Å². The molecule has 1 saturated heterocycles. The number of aliphatic hydroxyl groups is 1. The Morgan fingerprint density at radius 2 is 2.00 bits per heavy atom. The average molecular weight is 285 g/mol. The number of aliphatic hydroxyl groups excluding tert-OH is 1. The van der Waals surface area contributed by atoms with Crippen LogP contribution in [0.3, 0.4) is 0 Å². The van der Waals surface area contributed by atoms with E-state index in [0.717, 1.165) is 17.1 Å². The van der Waals surface area contributed by atoms with E-state index in [4.69, 9.17) is 0 Å². The topological polar surface area (TPSA) is 52.5 Å². The van der Waals surface area contributed by atoms with Crippen molar-refractivity contribution in [1.82, 2.24) is 5.32 Å². The summed E-state index contributed by atoms with van der Waals surface area (Å²) in [5.74, 6) is 4.86. The second kappa shape index (κ2) is 7.28. The van der Waals surface area contributed by atoms with Crippen LogP contribution in [-0.2, 0) is 0 Å². The Balaban J connectivity index is 1.82. The third kappa shape index (κ3) is 4.39. The predicted octanol–water partition coefficient (Wildman–Crippen LogP) is 1.86. The number of benzene rings is 1. The highest BCUT2D eigenvalue weighted by Gasteiger charge is 2.15. The SMILES string of the molecule is Oc1cccc(C(O)CNC2CSCCSC2)c1. The molecule has 1 aliphatic rings. The lowest BCUT2D eigenvalue weighted by Crippen LogP contribution is -2.36. The van der Waals surface area contributed by atoms with Crippen LogP contribution in [0.4, 0.5) is 0 Å². The third-order valence-corrected chi connectivity index (χ3v) is 5.39. The molecule has 0 amide bonds. The lowest BCUT2D eigenvalue weighted by atomic mass is 10.1. The van der Waals surface area contributed by atoms with Crippen LogP contribution in [-0.4, -0.2) is 45.8 Å². The highest BCUT2D eigenvalue weighted by molar-refractivity contribution is 8.03. The first-order chi connectivity index (χ1) is 8.75. The fraction of sp³-hybridized carbons (Fsp3) is 0.538. The molecule has 1 heterocycles. The van der Waals surface area contributed by atoms with E-state index >= 15 is 0 Å². The largest absolute Gasteiger partial charge is 0.508 e. The van der Waals surface area contributed by atoms with E-state index in [-0.39, 0.29) is 5.75 Å². The first kappa shape index (κ1) is 14.1. The second-order valence-electron chi connectivity index (χ2n) is 4.37. The summed E-state index contributed by atoms with van der Waals surface area (Å²) in [6, 6.07) is 7.29. The molecule has 1 aromatic rings. The van der Waals surface area contributed by atoms with Crippen molar-refractivity contribution in [1.29, 1.82) is 0 Å². The maximum absolute atomic E-state index is 10.1. The number of hydrogen-bond donors (Lipinski definition) is 3. The van der Waals surface area contributed by atoms with Crippen molar-refractivity contribution in [3.63, 3.8) is 0 Å². The number of thioether (sulfide) groups is 2. The van der Waals surface area contributed by atoms with E-state index in [2.05, 4.69) is 5.32 Å². The first-order valence-electron chi connectivity index (χ1n) is 6.11. The van der Waals surface area contributed by atoms with Gasteiger partial charge in [-0.3, -0.25) is 0 Å². The van der Waals surface area contributed by atoms with E-state index in [9.17, 15) is 10.2 Å². The average Bonchev–Trinajstić information content (AvgIpc) is 2.64. The van der Waals surface area contributed by atoms with Crippen molar-refractivity contribution in [2.75, 3.05) is 29.6 Å². The normalized spacial score (nSPS) is 19.4. The molecule has 1 atom stereocenters. The molecule has 18 heavy (non-hydrogen) atoms. The summed E-state index contributed by atoms with van der Waals surface area (Å²) in [6.07, 6.45) is -0.560. The van der Waals surface area contributed by atoms with Crippen molar-refractivity contribution >= 4 is 23.5 Å². The molecule has 3 nitrogen and oxygen atoms in total. The molecule has 3 N–H and O–H groups in total. The summed E-state index contributed by atoms with van der Waals surface area (Å²) in [7, 11) is 0. The highest BCUT2D eigenvalue weighted by atomic mass is 32.2. The van der Waals surface area contributed by atoms with Gasteiger partial charge in [-0.15, -0.1) is 0 Å². The van der Waals surface area contributed by atoms with Crippen LogP contribution < -0.4 is 5.32 Å². The van der Waals surface area contributed by atoms with E-state index in [1.165, 1.54) is 11.5 Å². The second-order valence-corrected chi connectivity index (χ2v) is 6.67. The molecule has 2 rings (SSSR count). The number of rotatable bonds is 4. The predicted molar refractivity (Wildman–Crippen MR) is 79.5 cm³/mol. The minimum absolute atomic E-state index is 0.201. The van der Waals surface area contributed by atoms with Crippen LogP contribution >= 0.6 is 23.5 Å². The van der Waals surface area contributed by atoms with Crippen LogP contribution in [0.2, 0.25) is 0 Å². The summed E-state index contributed by atoms with van der Waals surface area (Å²) in [5, 5.41) is 22.8. The van der Waals surface area contributed by atoms with Gasteiger partial charge >= 0.3 is 0 Å². The number of phenols is 1. The Kier molecular flexibility index (Phi) is 5.69. The molecule has 1 fully saturated rings. The van der Waals surface area contributed by atoms with Crippen molar-refractivity contribution in [3.05, 3.63) is 29.8 Å². The van der Waals surface area contributed by atoms with Crippen LogP contribution in [0.1, 0.15) is 11.7 Å². The zero-order chi connectivity index (χ0) is 12.8. The van der Waals surface area contributed by atoms with Crippen molar-refractivity contribution < 1.29 is 10.2 Å². The molecule has 100 valence electrons. The zero-order valence-corrected chi connectivity index (χ0v) is 11.8. The van der Waals surface area contributed by atoms with Gasteiger partial charge in [0.05, 0.1) is 6.10 Å². The van der Waals surface area contributed by atoms with Gasteiger partial charge in [0.1, 0.15) is 5.75 Å². The van der Waals surface area contributed by atoms with E-state index in [1.807, 2.05) is 29.6 Å². The molecular formula is C13H19NO2S2. The van der Waals surface area contributed by atoms with Gasteiger partial charge in [0.2, 0.25) is 0 Å². The molecule has 0 bridgehead atoms. The van der Waals surface area contributed by atoms with Gasteiger partial charge in [0, 0.05) is 35.6 Å². The highest BCUT2D eigenvalue weighted by Crippen LogP contribution is 2.19. The first-order valence-corrected chi connectivity index (χ1v) is 8.42. The van der Waals surface area contributed by atoms with Gasteiger partial charge in [-0.25, -0.2) is 0 Å². The molecule has 1 unspecified atom stereocenters. The Morgan fingerprint density at radius 1 is 1.28 bits per heavy atom. The Bertz CT molecular complexity index is 368. The fourth-order valence-corrected chi connectivity index (χ4v) is 4.33. The molecule has 0 radical (unpaired) electrons. The lowest BCUT2D eigenvalue weighted by Gasteiger charge is -2.18. The van der Waals surface area contributed by atoms with Gasteiger partial charge in [0.25, 0.3) is 0 Å². The van der Waals surface area contributed by atoms with Gasteiger partial charge in [-0.2, -0.15) is 23.5 Å². The Labute approximate surface area is 116 Å². The smallest absolute Gasteiger partial charge is 0.115 e. The van der Waals surface area contributed by atoms with Gasteiger partial charge in [-0.1, -0.05) is 12.1 Å². The van der Waals surface area contributed by atoms with Crippen LogP contribution in [0, 0.1) is 0 Å². The fourth-order valence-electron chi connectivity index (χ4n) is 1.86. The third-order valence-electron chi connectivity index (χ3n) is 2.86. The number of aromatic hydroxyl groups is 1. The monoisotopic (exact) mass is 285 g/mol. The van der Waals surface area contributed by atoms with E-state index < -0.39 is 6.10 Å². The molecule has 5 heteroatoms. The lowest BCUT2D eigenvalue weighted by molar-refractivity contribution is 0.172. The van der Waals surface area contributed by atoms with Crippen LogP contribution in [0.5, 0.6) is 5.75 Å². The maximum Gasteiger partial charge on any atom is 0.115 e. The summed E-state index contributed by atoms with van der Waals surface area (Å²) in [5.41, 5.74) is 0.761. The molecule has 0 spiro atoms.